The van der Waals surface area contributed by atoms with Crippen LogP contribution < -0.4 is 5.32 Å². The Morgan fingerprint density at radius 2 is 1.62 bits per heavy atom. The summed E-state index contributed by atoms with van der Waals surface area (Å²) in [5.74, 6) is 0. The molecule has 2 nitrogen and oxygen atoms in total. The third-order valence-corrected chi connectivity index (χ3v) is 3.78. The number of benzene rings is 1. The van der Waals surface area contributed by atoms with E-state index in [1.54, 1.807) is 0 Å². The maximum atomic E-state index is 3.62. The van der Waals surface area contributed by atoms with Crippen molar-refractivity contribution in [1.82, 2.24) is 10.2 Å². The highest BCUT2D eigenvalue weighted by atomic mass is 15.1. The molecule has 1 unspecified atom stereocenters. The fraction of sp³-hybridized carbons (Fsp3) is 0.684. The van der Waals surface area contributed by atoms with E-state index >= 15 is 0 Å². The zero-order chi connectivity index (χ0) is 15.9. The van der Waals surface area contributed by atoms with E-state index < -0.39 is 0 Å². The molecule has 2 heteroatoms. The molecule has 0 aliphatic heterocycles. The van der Waals surface area contributed by atoms with Crippen molar-refractivity contribution in [3.8, 4) is 0 Å². The number of hydrogen-bond donors (Lipinski definition) is 1. The van der Waals surface area contributed by atoms with Crippen molar-refractivity contribution in [2.75, 3.05) is 33.2 Å². The van der Waals surface area contributed by atoms with Crippen molar-refractivity contribution < 1.29 is 0 Å². The lowest BCUT2D eigenvalue weighted by Gasteiger charge is -2.37. The van der Waals surface area contributed by atoms with Crippen molar-refractivity contribution in [1.29, 1.82) is 0 Å². The second-order valence-corrected chi connectivity index (χ2v) is 7.84. The van der Waals surface area contributed by atoms with Crippen molar-refractivity contribution in [2.24, 2.45) is 5.41 Å². The summed E-state index contributed by atoms with van der Waals surface area (Å²) in [6.45, 7) is 15.8. The van der Waals surface area contributed by atoms with Crippen LogP contribution in [0.1, 0.15) is 46.6 Å². The average molecular weight is 290 g/mol. The molecule has 0 heterocycles. The molecule has 0 bridgehead atoms. The third-order valence-electron chi connectivity index (χ3n) is 3.78. The summed E-state index contributed by atoms with van der Waals surface area (Å²) >= 11 is 0. The van der Waals surface area contributed by atoms with Gasteiger partial charge >= 0.3 is 0 Å². The Balaban J connectivity index is 2.81. The lowest BCUT2D eigenvalue weighted by atomic mass is 9.81. The molecule has 0 aromatic heterocycles. The van der Waals surface area contributed by atoms with Crippen molar-refractivity contribution >= 4 is 0 Å². The standard InChI is InChI=1S/C19H34N2/c1-7-13-20-14-19(5,17-11-9-8-10-12-17)16-21(6)15-18(2,3)4/h8-12,20H,7,13-16H2,1-6H3. The highest BCUT2D eigenvalue weighted by Gasteiger charge is 2.29. The summed E-state index contributed by atoms with van der Waals surface area (Å²) < 4.78 is 0. The molecule has 0 aliphatic carbocycles. The van der Waals surface area contributed by atoms with Crippen LogP contribution in [-0.2, 0) is 5.41 Å². The molecule has 0 amide bonds. The summed E-state index contributed by atoms with van der Waals surface area (Å²) in [5.41, 5.74) is 1.91. The molecule has 0 radical (unpaired) electrons. The van der Waals surface area contributed by atoms with Crippen LogP contribution in [0.4, 0.5) is 0 Å². The third kappa shape index (κ3) is 6.62. The lowest BCUT2D eigenvalue weighted by Crippen LogP contribution is -2.46. The number of nitrogens with zero attached hydrogens (tertiary/aromatic N) is 1. The van der Waals surface area contributed by atoms with E-state index in [9.17, 15) is 0 Å². The normalized spacial score (nSPS) is 15.2. The molecule has 1 aromatic rings. The fourth-order valence-electron chi connectivity index (χ4n) is 3.09. The number of nitrogens with one attached hydrogen (secondary N) is 1. The van der Waals surface area contributed by atoms with Crippen LogP contribution in [0.2, 0.25) is 0 Å². The Morgan fingerprint density at radius 3 is 2.14 bits per heavy atom. The predicted molar refractivity (Wildman–Crippen MR) is 93.9 cm³/mol. The molecule has 0 fully saturated rings. The summed E-state index contributed by atoms with van der Waals surface area (Å²) in [6, 6.07) is 10.9. The number of rotatable bonds is 8. The Labute approximate surface area is 131 Å². The van der Waals surface area contributed by atoms with Crippen LogP contribution in [0.5, 0.6) is 0 Å². The van der Waals surface area contributed by atoms with Gasteiger partial charge in [0.05, 0.1) is 0 Å². The Hall–Kier alpha value is -0.860. The molecule has 1 atom stereocenters. The molecule has 21 heavy (non-hydrogen) atoms. The van der Waals surface area contributed by atoms with E-state index in [0.29, 0.717) is 5.41 Å². The molecule has 0 aliphatic rings. The first kappa shape index (κ1) is 18.2. The van der Waals surface area contributed by atoms with Gasteiger partial charge in [-0.15, -0.1) is 0 Å². The molecule has 1 N–H and O–H groups in total. The van der Waals surface area contributed by atoms with Gasteiger partial charge in [0.1, 0.15) is 0 Å². The minimum Gasteiger partial charge on any atom is -0.316 e. The minimum absolute atomic E-state index is 0.149. The molecule has 0 saturated carbocycles. The van der Waals surface area contributed by atoms with Crippen LogP contribution in [0.3, 0.4) is 0 Å². The zero-order valence-electron chi connectivity index (χ0n) is 14.9. The summed E-state index contributed by atoms with van der Waals surface area (Å²) in [5, 5.41) is 3.62. The largest absolute Gasteiger partial charge is 0.316 e. The first-order valence-corrected chi connectivity index (χ1v) is 8.22. The van der Waals surface area contributed by atoms with Gasteiger partial charge in [-0.2, -0.15) is 0 Å². The zero-order valence-corrected chi connectivity index (χ0v) is 14.9. The SMILES string of the molecule is CCCNCC(C)(CN(C)CC(C)(C)C)c1ccccc1. The maximum absolute atomic E-state index is 3.62. The molecular weight excluding hydrogens is 256 g/mol. The van der Waals surface area contributed by atoms with Gasteiger partial charge in [-0.3, -0.25) is 0 Å². The van der Waals surface area contributed by atoms with Crippen molar-refractivity contribution in [3.63, 3.8) is 0 Å². The second kappa shape index (κ2) is 7.95. The fourth-order valence-corrected chi connectivity index (χ4v) is 3.09. The van der Waals surface area contributed by atoms with E-state index in [1.165, 1.54) is 12.0 Å². The molecule has 0 spiro atoms. The average Bonchev–Trinajstić information content (AvgIpc) is 2.37. The smallest absolute Gasteiger partial charge is 0.0176 e. The van der Waals surface area contributed by atoms with E-state index in [2.05, 4.69) is 82.2 Å². The van der Waals surface area contributed by atoms with Crippen molar-refractivity contribution in [2.45, 2.75) is 46.5 Å². The second-order valence-electron chi connectivity index (χ2n) is 7.84. The summed E-state index contributed by atoms with van der Waals surface area (Å²) in [6.07, 6.45) is 1.18. The van der Waals surface area contributed by atoms with Gasteiger partial charge in [-0.25, -0.2) is 0 Å². The van der Waals surface area contributed by atoms with Gasteiger partial charge < -0.3 is 10.2 Å². The minimum atomic E-state index is 0.149. The quantitative estimate of drug-likeness (QED) is 0.730. The van der Waals surface area contributed by atoms with Gasteiger partial charge in [-0.1, -0.05) is 65.0 Å². The Kier molecular flexibility index (Phi) is 6.89. The first-order chi connectivity index (χ1) is 9.77. The molecule has 1 aromatic carbocycles. The van der Waals surface area contributed by atoms with Gasteiger partial charge in [0, 0.05) is 25.0 Å². The van der Waals surface area contributed by atoms with E-state index in [-0.39, 0.29) is 5.41 Å². The van der Waals surface area contributed by atoms with E-state index in [1.807, 2.05) is 0 Å². The van der Waals surface area contributed by atoms with Crippen LogP contribution >= 0.6 is 0 Å². The van der Waals surface area contributed by atoms with Crippen LogP contribution in [0.25, 0.3) is 0 Å². The molecule has 120 valence electrons. The first-order valence-electron chi connectivity index (χ1n) is 8.22. The summed E-state index contributed by atoms with van der Waals surface area (Å²) in [4.78, 5) is 2.47. The monoisotopic (exact) mass is 290 g/mol. The van der Waals surface area contributed by atoms with E-state index in [0.717, 1.165) is 26.2 Å². The highest BCUT2D eigenvalue weighted by molar-refractivity contribution is 5.25. The van der Waals surface area contributed by atoms with E-state index in [4.69, 9.17) is 0 Å². The van der Waals surface area contributed by atoms with Crippen LogP contribution in [0, 0.1) is 5.41 Å². The Bertz CT molecular complexity index is 394. The Morgan fingerprint density at radius 1 is 1.00 bits per heavy atom. The molecule has 0 saturated heterocycles. The van der Waals surface area contributed by atoms with Gasteiger partial charge in [-0.05, 0) is 31.0 Å². The molecule has 1 rings (SSSR count). The maximum Gasteiger partial charge on any atom is 0.0176 e. The highest BCUT2D eigenvalue weighted by Crippen LogP contribution is 2.25. The number of likely N-dealkylation sites (N-methyl/N-ethyl adjacent to an activating group) is 1. The van der Waals surface area contributed by atoms with Crippen LogP contribution in [-0.4, -0.2) is 38.1 Å². The molecular formula is C19H34N2. The van der Waals surface area contributed by atoms with Crippen molar-refractivity contribution in [3.05, 3.63) is 35.9 Å². The predicted octanol–water partition coefficient (Wildman–Crippen LogP) is 3.92. The van der Waals surface area contributed by atoms with Gasteiger partial charge in [0.15, 0.2) is 0 Å². The topological polar surface area (TPSA) is 15.3 Å². The van der Waals surface area contributed by atoms with Gasteiger partial charge in [0.2, 0.25) is 0 Å². The number of hydrogen-bond acceptors (Lipinski definition) is 2. The van der Waals surface area contributed by atoms with Crippen LogP contribution in [0.15, 0.2) is 30.3 Å². The summed E-state index contributed by atoms with van der Waals surface area (Å²) in [7, 11) is 2.24. The van der Waals surface area contributed by atoms with Gasteiger partial charge in [0.25, 0.3) is 0 Å². The lowest BCUT2D eigenvalue weighted by molar-refractivity contribution is 0.186.